The Bertz CT molecular complexity index is 659. The molecule has 1 aliphatic rings. The van der Waals surface area contributed by atoms with E-state index in [4.69, 9.17) is 0 Å². The van der Waals surface area contributed by atoms with Gasteiger partial charge in [-0.05, 0) is 37.8 Å². The standard InChI is InChI=1S/C17H23N3O/c1-12(2)18-17(21)20-9-8-14(11-20)16-10-13-6-4-5-7-15(13)19(16)3/h4-7,10,12,14H,8-9,11H2,1-3H3,(H,18,21). The minimum atomic E-state index is 0.0614. The van der Waals surface area contributed by atoms with Gasteiger partial charge >= 0.3 is 6.03 Å². The Hall–Kier alpha value is -1.97. The number of aryl methyl sites for hydroxylation is 1. The smallest absolute Gasteiger partial charge is 0.317 e. The zero-order chi connectivity index (χ0) is 15.0. The minimum Gasteiger partial charge on any atom is -0.347 e. The number of para-hydroxylation sites is 1. The van der Waals surface area contributed by atoms with Crippen molar-refractivity contribution in [1.82, 2.24) is 14.8 Å². The van der Waals surface area contributed by atoms with Gasteiger partial charge in [-0.1, -0.05) is 18.2 Å². The van der Waals surface area contributed by atoms with E-state index in [1.54, 1.807) is 0 Å². The summed E-state index contributed by atoms with van der Waals surface area (Å²) in [5, 5.41) is 4.26. The van der Waals surface area contributed by atoms with Crippen LogP contribution in [-0.2, 0) is 7.05 Å². The van der Waals surface area contributed by atoms with Gasteiger partial charge in [0.25, 0.3) is 0 Å². The summed E-state index contributed by atoms with van der Waals surface area (Å²) < 4.78 is 2.27. The van der Waals surface area contributed by atoms with Crippen LogP contribution in [-0.4, -0.2) is 34.6 Å². The maximum absolute atomic E-state index is 12.1. The number of likely N-dealkylation sites (tertiary alicyclic amines) is 1. The zero-order valence-electron chi connectivity index (χ0n) is 13.0. The lowest BCUT2D eigenvalue weighted by atomic mass is 10.0. The van der Waals surface area contributed by atoms with Gasteiger partial charge in [0.15, 0.2) is 0 Å². The predicted molar refractivity (Wildman–Crippen MR) is 85.5 cm³/mol. The number of rotatable bonds is 2. The number of amides is 2. The molecule has 2 aromatic rings. The normalized spacial score (nSPS) is 18.7. The van der Waals surface area contributed by atoms with Gasteiger partial charge in [0.2, 0.25) is 0 Å². The summed E-state index contributed by atoms with van der Waals surface area (Å²) in [6, 6.07) is 11.0. The lowest BCUT2D eigenvalue weighted by Gasteiger charge is -2.19. The fourth-order valence-corrected chi connectivity index (χ4v) is 3.23. The second-order valence-corrected chi connectivity index (χ2v) is 6.22. The molecule has 1 saturated heterocycles. The molecule has 1 aliphatic heterocycles. The molecule has 4 heteroatoms. The van der Waals surface area contributed by atoms with E-state index in [2.05, 4.69) is 47.3 Å². The fourth-order valence-electron chi connectivity index (χ4n) is 3.23. The quantitative estimate of drug-likeness (QED) is 0.904. The van der Waals surface area contributed by atoms with Gasteiger partial charge in [-0.2, -0.15) is 0 Å². The first-order valence-electron chi connectivity index (χ1n) is 7.66. The third-order valence-electron chi connectivity index (χ3n) is 4.29. The predicted octanol–water partition coefficient (Wildman–Crippen LogP) is 3.09. The van der Waals surface area contributed by atoms with Gasteiger partial charge in [0, 0.05) is 43.3 Å². The molecule has 1 fully saturated rings. The molecule has 2 heterocycles. The van der Waals surface area contributed by atoms with Crippen molar-refractivity contribution in [1.29, 1.82) is 0 Å². The molecule has 1 aromatic heterocycles. The summed E-state index contributed by atoms with van der Waals surface area (Å²) in [6.45, 7) is 5.64. The molecule has 4 nitrogen and oxygen atoms in total. The molecule has 1 aromatic carbocycles. The van der Waals surface area contributed by atoms with Crippen molar-refractivity contribution in [3.05, 3.63) is 36.0 Å². The molecule has 0 aliphatic carbocycles. The topological polar surface area (TPSA) is 37.3 Å². The Kier molecular flexibility index (Phi) is 3.62. The van der Waals surface area contributed by atoms with Crippen molar-refractivity contribution < 1.29 is 4.79 Å². The van der Waals surface area contributed by atoms with E-state index in [0.29, 0.717) is 5.92 Å². The third kappa shape index (κ3) is 2.62. The molecule has 1 unspecified atom stereocenters. The number of fused-ring (bicyclic) bond motifs is 1. The van der Waals surface area contributed by atoms with Crippen LogP contribution >= 0.6 is 0 Å². The van der Waals surface area contributed by atoms with E-state index in [1.165, 1.54) is 16.6 Å². The number of nitrogens with zero attached hydrogens (tertiary/aromatic N) is 2. The van der Waals surface area contributed by atoms with E-state index in [1.807, 2.05) is 18.7 Å². The molecular weight excluding hydrogens is 262 g/mol. The van der Waals surface area contributed by atoms with Crippen LogP contribution in [0, 0.1) is 0 Å². The monoisotopic (exact) mass is 285 g/mol. The molecular formula is C17H23N3O. The number of hydrogen-bond acceptors (Lipinski definition) is 1. The molecule has 0 spiro atoms. The number of carbonyl (C=O) groups is 1. The SMILES string of the molecule is CC(C)NC(=O)N1CCC(c2cc3ccccc3n2C)C1. The largest absolute Gasteiger partial charge is 0.347 e. The highest BCUT2D eigenvalue weighted by Crippen LogP contribution is 2.31. The second-order valence-electron chi connectivity index (χ2n) is 6.22. The van der Waals surface area contributed by atoms with Crippen LogP contribution in [0.4, 0.5) is 4.79 Å². The van der Waals surface area contributed by atoms with Crippen molar-refractivity contribution in [2.45, 2.75) is 32.2 Å². The molecule has 112 valence electrons. The summed E-state index contributed by atoms with van der Waals surface area (Å²) in [4.78, 5) is 14.0. The Morgan fingerprint density at radius 2 is 2.10 bits per heavy atom. The third-order valence-corrected chi connectivity index (χ3v) is 4.29. The second kappa shape index (κ2) is 5.43. The first kappa shape index (κ1) is 14.0. The van der Waals surface area contributed by atoms with Crippen molar-refractivity contribution in [3.8, 4) is 0 Å². The molecule has 3 rings (SSSR count). The molecule has 0 radical (unpaired) electrons. The van der Waals surface area contributed by atoms with Crippen LogP contribution in [0.2, 0.25) is 0 Å². The van der Waals surface area contributed by atoms with Crippen LogP contribution in [0.5, 0.6) is 0 Å². The summed E-state index contributed by atoms with van der Waals surface area (Å²) in [5.41, 5.74) is 2.59. The van der Waals surface area contributed by atoms with Crippen LogP contribution < -0.4 is 5.32 Å². The van der Waals surface area contributed by atoms with E-state index >= 15 is 0 Å². The number of hydrogen-bond donors (Lipinski definition) is 1. The van der Waals surface area contributed by atoms with Crippen LogP contribution in [0.1, 0.15) is 31.9 Å². The Morgan fingerprint density at radius 3 is 2.81 bits per heavy atom. The summed E-state index contributed by atoms with van der Waals surface area (Å²) in [7, 11) is 2.12. The average molecular weight is 285 g/mol. The summed E-state index contributed by atoms with van der Waals surface area (Å²) >= 11 is 0. The molecule has 2 amide bonds. The first-order chi connectivity index (χ1) is 10.1. The summed E-state index contributed by atoms with van der Waals surface area (Å²) in [6.07, 6.45) is 1.04. The van der Waals surface area contributed by atoms with Gasteiger partial charge < -0.3 is 14.8 Å². The van der Waals surface area contributed by atoms with E-state index in [-0.39, 0.29) is 12.1 Å². The minimum absolute atomic E-state index is 0.0614. The maximum Gasteiger partial charge on any atom is 0.317 e. The van der Waals surface area contributed by atoms with Crippen LogP contribution in [0.25, 0.3) is 10.9 Å². The van der Waals surface area contributed by atoms with Crippen molar-refractivity contribution >= 4 is 16.9 Å². The zero-order valence-corrected chi connectivity index (χ0v) is 13.0. The first-order valence-corrected chi connectivity index (χ1v) is 7.66. The van der Waals surface area contributed by atoms with Crippen molar-refractivity contribution in [2.75, 3.05) is 13.1 Å². The van der Waals surface area contributed by atoms with E-state index in [0.717, 1.165) is 19.5 Å². The number of nitrogens with one attached hydrogen (secondary N) is 1. The van der Waals surface area contributed by atoms with Gasteiger partial charge in [0.05, 0.1) is 0 Å². The molecule has 0 saturated carbocycles. The summed E-state index contributed by atoms with van der Waals surface area (Å²) in [5.74, 6) is 0.431. The van der Waals surface area contributed by atoms with Gasteiger partial charge in [-0.3, -0.25) is 0 Å². The molecule has 1 atom stereocenters. The van der Waals surface area contributed by atoms with E-state index < -0.39 is 0 Å². The lowest BCUT2D eigenvalue weighted by molar-refractivity contribution is 0.205. The van der Waals surface area contributed by atoms with Gasteiger partial charge in [-0.25, -0.2) is 4.79 Å². The van der Waals surface area contributed by atoms with Gasteiger partial charge in [-0.15, -0.1) is 0 Å². The van der Waals surface area contributed by atoms with Crippen molar-refractivity contribution in [3.63, 3.8) is 0 Å². The fraction of sp³-hybridized carbons (Fsp3) is 0.471. The van der Waals surface area contributed by atoms with E-state index in [9.17, 15) is 4.79 Å². The number of carbonyl (C=O) groups excluding carboxylic acids is 1. The highest BCUT2D eigenvalue weighted by molar-refractivity contribution is 5.81. The Morgan fingerprint density at radius 1 is 1.33 bits per heavy atom. The van der Waals surface area contributed by atoms with Gasteiger partial charge in [0.1, 0.15) is 0 Å². The maximum atomic E-state index is 12.1. The molecule has 1 N–H and O–H groups in total. The average Bonchev–Trinajstić information content (AvgIpc) is 3.04. The molecule has 0 bridgehead atoms. The highest BCUT2D eigenvalue weighted by Gasteiger charge is 2.29. The number of benzene rings is 1. The van der Waals surface area contributed by atoms with Crippen LogP contribution in [0.3, 0.4) is 0 Å². The number of urea groups is 1. The van der Waals surface area contributed by atoms with Crippen LogP contribution in [0.15, 0.2) is 30.3 Å². The highest BCUT2D eigenvalue weighted by atomic mass is 16.2. The Balaban J connectivity index is 1.79. The number of aromatic nitrogens is 1. The van der Waals surface area contributed by atoms with Crippen molar-refractivity contribution in [2.24, 2.45) is 7.05 Å². The molecule has 21 heavy (non-hydrogen) atoms. The Labute approximate surface area is 125 Å². The lowest BCUT2D eigenvalue weighted by Crippen LogP contribution is -2.41.